The number of aromatic nitrogens is 1. The van der Waals surface area contributed by atoms with Gasteiger partial charge < -0.3 is 10.2 Å². The molecule has 2 unspecified atom stereocenters. The van der Waals surface area contributed by atoms with E-state index in [1.807, 2.05) is 23.3 Å². The minimum absolute atomic E-state index is 0.296. The first-order valence-corrected chi connectivity index (χ1v) is 9.96. The predicted molar refractivity (Wildman–Crippen MR) is 92.5 cm³/mol. The zero-order valence-corrected chi connectivity index (χ0v) is 14.8. The topological polar surface area (TPSA) is 45.2 Å². The number of nitrogens with one attached hydrogen (secondary N) is 1. The van der Waals surface area contributed by atoms with Gasteiger partial charge in [-0.1, -0.05) is 0 Å². The zero-order valence-electron chi connectivity index (χ0n) is 14.0. The molecule has 4 nitrogen and oxygen atoms in total. The van der Waals surface area contributed by atoms with Gasteiger partial charge >= 0.3 is 0 Å². The third kappa shape index (κ3) is 3.45. The van der Waals surface area contributed by atoms with Crippen molar-refractivity contribution in [2.75, 3.05) is 7.05 Å². The van der Waals surface area contributed by atoms with Crippen LogP contribution in [-0.2, 0) is 24.2 Å². The zero-order chi connectivity index (χ0) is 15.8. The first kappa shape index (κ1) is 15.6. The van der Waals surface area contributed by atoms with Crippen LogP contribution in [0.5, 0.6) is 0 Å². The Labute approximate surface area is 142 Å². The van der Waals surface area contributed by atoms with Crippen LogP contribution in [0.3, 0.4) is 0 Å². The highest BCUT2D eigenvalue weighted by atomic mass is 32.1. The van der Waals surface area contributed by atoms with Gasteiger partial charge in [0.15, 0.2) is 0 Å². The van der Waals surface area contributed by atoms with E-state index in [4.69, 9.17) is 4.98 Å². The average Bonchev–Trinajstić information content (AvgIpc) is 3.09. The molecule has 2 saturated heterocycles. The maximum absolute atomic E-state index is 12.6. The van der Waals surface area contributed by atoms with Crippen molar-refractivity contribution in [2.24, 2.45) is 5.92 Å². The Morgan fingerprint density at radius 2 is 2.00 bits per heavy atom. The van der Waals surface area contributed by atoms with Crippen LogP contribution in [0.25, 0.3) is 0 Å². The van der Waals surface area contributed by atoms with Crippen molar-refractivity contribution in [3.05, 3.63) is 15.6 Å². The van der Waals surface area contributed by atoms with Crippen molar-refractivity contribution < 1.29 is 4.79 Å². The molecular formula is C18H27N3OS. The summed E-state index contributed by atoms with van der Waals surface area (Å²) in [6.07, 6.45) is 10.6. The van der Waals surface area contributed by atoms with E-state index in [2.05, 4.69) is 5.32 Å². The van der Waals surface area contributed by atoms with E-state index in [0.717, 1.165) is 17.8 Å². The minimum Gasteiger partial charge on any atom is -0.339 e. The van der Waals surface area contributed by atoms with Crippen LogP contribution < -0.4 is 5.32 Å². The Morgan fingerprint density at radius 3 is 2.74 bits per heavy atom. The molecule has 2 fully saturated rings. The Balaban J connectivity index is 1.32. The van der Waals surface area contributed by atoms with Gasteiger partial charge in [-0.2, -0.15) is 0 Å². The fraction of sp³-hybridized carbons (Fsp3) is 0.778. The number of amides is 1. The van der Waals surface area contributed by atoms with Crippen molar-refractivity contribution >= 4 is 17.2 Å². The van der Waals surface area contributed by atoms with Crippen molar-refractivity contribution in [2.45, 2.75) is 76.4 Å². The van der Waals surface area contributed by atoms with Gasteiger partial charge in [-0.05, 0) is 57.3 Å². The minimum atomic E-state index is 0.296. The first-order valence-electron chi connectivity index (χ1n) is 9.15. The predicted octanol–water partition coefficient (Wildman–Crippen LogP) is 2.90. The highest BCUT2D eigenvalue weighted by Gasteiger charge is 2.34. The van der Waals surface area contributed by atoms with Crippen molar-refractivity contribution in [3.8, 4) is 0 Å². The van der Waals surface area contributed by atoms with Gasteiger partial charge in [0, 0.05) is 30.4 Å². The van der Waals surface area contributed by atoms with Crippen molar-refractivity contribution in [1.82, 2.24) is 15.2 Å². The molecule has 0 saturated carbocycles. The largest absolute Gasteiger partial charge is 0.339 e. The SMILES string of the molecule is CN(Cc1nc2c(s1)CCCC2)C(=O)CC1CC2CCC(C1)N2. The van der Waals surface area contributed by atoms with Crippen LogP contribution >= 0.6 is 11.3 Å². The molecule has 1 N–H and O–H groups in total. The number of rotatable bonds is 4. The second-order valence-corrected chi connectivity index (χ2v) is 8.78. The lowest BCUT2D eigenvalue weighted by Crippen LogP contribution is -2.39. The van der Waals surface area contributed by atoms with Gasteiger partial charge in [0.1, 0.15) is 5.01 Å². The molecular weight excluding hydrogens is 306 g/mol. The lowest BCUT2D eigenvalue weighted by Gasteiger charge is -2.29. The quantitative estimate of drug-likeness (QED) is 0.921. The summed E-state index contributed by atoms with van der Waals surface area (Å²) >= 11 is 1.82. The fourth-order valence-corrected chi connectivity index (χ4v) is 5.72. The number of carbonyl (C=O) groups excluding carboxylic acids is 1. The van der Waals surface area contributed by atoms with E-state index in [-0.39, 0.29) is 0 Å². The molecule has 126 valence electrons. The number of thiazole rings is 1. The Morgan fingerprint density at radius 1 is 1.26 bits per heavy atom. The third-order valence-electron chi connectivity index (χ3n) is 5.72. The first-order chi connectivity index (χ1) is 11.2. The number of aryl methyl sites for hydroxylation is 2. The summed E-state index contributed by atoms with van der Waals surface area (Å²) in [4.78, 5) is 20.7. The molecule has 5 heteroatoms. The van der Waals surface area contributed by atoms with E-state index in [9.17, 15) is 4.79 Å². The molecule has 1 aromatic heterocycles. The smallest absolute Gasteiger partial charge is 0.222 e. The van der Waals surface area contributed by atoms with Crippen molar-refractivity contribution in [1.29, 1.82) is 0 Å². The molecule has 1 aliphatic carbocycles. The summed E-state index contributed by atoms with van der Waals surface area (Å²) in [5.41, 5.74) is 1.30. The van der Waals surface area contributed by atoms with Crippen LogP contribution in [0.15, 0.2) is 0 Å². The highest BCUT2D eigenvalue weighted by molar-refractivity contribution is 7.11. The van der Waals surface area contributed by atoms with E-state index >= 15 is 0 Å². The lowest BCUT2D eigenvalue weighted by atomic mass is 9.89. The van der Waals surface area contributed by atoms with E-state index in [0.29, 0.717) is 30.5 Å². The summed E-state index contributed by atoms with van der Waals surface area (Å²) in [6.45, 7) is 0.689. The molecule has 2 atom stereocenters. The van der Waals surface area contributed by atoms with Gasteiger partial charge in [-0.25, -0.2) is 4.98 Å². The summed E-state index contributed by atoms with van der Waals surface area (Å²) in [7, 11) is 1.94. The van der Waals surface area contributed by atoms with Crippen LogP contribution in [0.1, 0.15) is 60.5 Å². The standard InChI is InChI=1S/C18H27N3OS/c1-21(11-17-20-15-4-2-3-5-16(15)23-17)18(22)10-12-8-13-6-7-14(9-12)19-13/h12-14,19H,2-11H2,1H3. The summed E-state index contributed by atoms with van der Waals surface area (Å²) in [6, 6.07) is 1.34. The molecule has 2 aliphatic heterocycles. The molecule has 4 rings (SSSR count). The molecule has 1 amide bonds. The monoisotopic (exact) mass is 333 g/mol. The molecule has 1 aromatic rings. The molecule has 23 heavy (non-hydrogen) atoms. The van der Waals surface area contributed by atoms with Gasteiger partial charge in [0.2, 0.25) is 5.91 Å². The Hall–Kier alpha value is -0.940. The molecule has 0 spiro atoms. The summed E-state index contributed by atoms with van der Waals surface area (Å²) in [5, 5.41) is 4.78. The second-order valence-electron chi connectivity index (χ2n) is 7.61. The van der Waals surface area contributed by atoms with E-state index < -0.39 is 0 Å². The number of carbonyl (C=O) groups is 1. The van der Waals surface area contributed by atoms with Crippen molar-refractivity contribution in [3.63, 3.8) is 0 Å². The Kier molecular flexibility index (Phi) is 4.41. The number of hydrogen-bond acceptors (Lipinski definition) is 4. The summed E-state index contributed by atoms with van der Waals surface area (Å²) < 4.78 is 0. The third-order valence-corrected chi connectivity index (χ3v) is 6.86. The number of nitrogens with zero attached hydrogens (tertiary/aromatic N) is 2. The maximum atomic E-state index is 12.6. The van der Waals surface area contributed by atoms with E-state index in [1.165, 1.54) is 55.5 Å². The molecule has 2 bridgehead atoms. The lowest BCUT2D eigenvalue weighted by molar-refractivity contribution is -0.131. The number of piperidine rings is 1. The van der Waals surface area contributed by atoms with Gasteiger partial charge in [-0.3, -0.25) is 4.79 Å². The number of hydrogen-bond donors (Lipinski definition) is 1. The Bertz CT molecular complexity index is 549. The van der Waals surface area contributed by atoms with Crippen LogP contribution in [0.2, 0.25) is 0 Å². The molecule has 0 radical (unpaired) electrons. The van der Waals surface area contributed by atoms with Crippen LogP contribution in [-0.4, -0.2) is 34.9 Å². The number of fused-ring (bicyclic) bond motifs is 3. The van der Waals surface area contributed by atoms with E-state index in [1.54, 1.807) is 0 Å². The molecule has 0 aromatic carbocycles. The van der Waals surface area contributed by atoms with Gasteiger partial charge in [-0.15, -0.1) is 11.3 Å². The van der Waals surface area contributed by atoms with Crippen LogP contribution in [0, 0.1) is 5.92 Å². The van der Waals surface area contributed by atoms with Gasteiger partial charge in [0.05, 0.1) is 12.2 Å². The molecule has 3 aliphatic rings. The molecule has 3 heterocycles. The van der Waals surface area contributed by atoms with Crippen LogP contribution in [0.4, 0.5) is 0 Å². The normalized spacial score (nSPS) is 29.3. The highest BCUT2D eigenvalue weighted by Crippen LogP contribution is 2.33. The second kappa shape index (κ2) is 6.52. The fourth-order valence-electron chi connectivity index (χ4n) is 4.51. The summed E-state index contributed by atoms with van der Waals surface area (Å²) in [5.74, 6) is 0.873. The maximum Gasteiger partial charge on any atom is 0.222 e. The van der Waals surface area contributed by atoms with Gasteiger partial charge in [0.25, 0.3) is 0 Å². The average molecular weight is 334 g/mol.